The van der Waals surface area contributed by atoms with E-state index in [1.807, 2.05) is 67.6 Å². The third-order valence-electron chi connectivity index (χ3n) is 5.35. The number of carbonyl (C=O) groups excluding carboxylic acids is 2. The minimum Gasteiger partial charge on any atom is -0.503 e. The number of ether oxygens (including phenoxy) is 2. The van der Waals surface area contributed by atoms with Crippen molar-refractivity contribution in [3.8, 4) is 11.5 Å². The number of pyridine rings is 1. The van der Waals surface area contributed by atoms with Crippen LogP contribution in [0.1, 0.15) is 47.8 Å². The summed E-state index contributed by atoms with van der Waals surface area (Å²) in [5.74, 6) is -1.97. The fraction of sp³-hybridized carbons (Fsp3) is 0.269. The summed E-state index contributed by atoms with van der Waals surface area (Å²) in [4.78, 5) is 29.4. The van der Waals surface area contributed by atoms with Crippen LogP contribution in [0.2, 0.25) is 0 Å². The van der Waals surface area contributed by atoms with Crippen molar-refractivity contribution in [3.05, 3.63) is 89.7 Å². The van der Waals surface area contributed by atoms with Crippen LogP contribution in [0, 0.1) is 5.92 Å². The van der Waals surface area contributed by atoms with Crippen molar-refractivity contribution >= 4 is 11.8 Å². The van der Waals surface area contributed by atoms with Crippen LogP contribution < -0.4 is 4.74 Å². The van der Waals surface area contributed by atoms with Gasteiger partial charge in [-0.15, -0.1) is 0 Å². The van der Waals surface area contributed by atoms with E-state index in [9.17, 15) is 14.7 Å². The Morgan fingerprint density at radius 3 is 2.03 bits per heavy atom. The van der Waals surface area contributed by atoms with E-state index in [2.05, 4.69) is 4.98 Å². The highest BCUT2D eigenvalue weighted by Crippen LogP contribution is 2.31. The molecule has 0 saturated carbocycles. The number of hydrogen-bond donors (Lipinski definition) is 1. The van der Waals surface area contributed by atoms with Gasteiger partial charge in [0.2, 0.25) is 0 Å². The number of rotatable bonds is 9. The van der Waals surface area contributed by atoms with Crippen LogP contribution in [0.15, 0.2) is 72.9 Å². The summed E-state index contributed by atoms with van der Waals surface area (Å²) < 4.78 is 10.8. The molecule has 0 spiro atoms. The first-order chi connectivity index (χ1) is 15.4. The standard InChI is InChI=1S/C26H27NO5/c1-17(16-21(28)24-25(29)22(31-3)14-15-27-24)26(30)32-18(2)23(19-10-6-4-7-11-19)20-12-8-5-9-13-20/h4-15,17-18,23,29H,16H2,1-3H3/t17-,18?/m1/s1. The zero-order chi connectivity index (χ0) is 23.1. The lowest BCUT2D eigenvalue weighted by Gasteiger charge is -2.26. The third kappa shape index (κ3) is 5.32. The SMILES string of the molecule is COc1ccnc(C(=O)C[C@@H](C)C(=O)OC(C)C(c2ccccc2)c2ccccc2)c1O. The number of ketones is 1. The number of hydrogen-bond acceptors (Lipinski definition) is 6. The highest BCUT2D eigenvalue weighted by Gasteiger charge is 2.28. The Balaban J connectivity index is 1.72. The molecule has 1 N–H and O–H groups in total. The van der Waals surface area contributed by atoms with E-state index in [4.69, 9.17) is 9.47 Å². The summed E-state index contributed by atoms with van der Waals surface area (Å²) in [5, 5.41) is 10.2. The van der Waals surface area contributed by atoms with Gasteiger partial charge >= 0.3 is 5.97 Å². The molecular weight excluding hydrogens is 406 g/mol. The van der Waals surface area contributed by atoms with E-state index < -0.39 is 23.8 Å². The predicted octanol–water partition coefficient (Wildman–Crippen LogP) is 4.77. The smallest absolute Gasteiger partial charge is 0.309 e. The second-order valence-electron chi connectivity index (χ2n) is 7.68. The molecule has 6 heteroatoms. The minimum absolute atomic E-state index is 0.122. The first-order valence-electron chi connectivity index (χ1n) is 10.5. The Morgan fingerprint density at radius 2 is 1.50 bits per heavy atom. The molecule has 3 aromatic rings. The highest BCUT2D eigenvalue weighted by atomic mass is 16.5. The van der Waals surface area contributed by atoms with Gasteiger partial charge in [0.25, 0.3) is 0 Å². The fourth-order valence-corrected chi connectivity index (χ4v) is 3.69. The molecule has 0 fully saturated rings. The number of benzene rings is 2. The second-order valence-corrected chi connectivity index (χ2v) is 7.68. The molecule has 0 aliphatic heterocycles. The molecule has 3 rings (SSSR count). The maximum atomic E-state index is 12.8. The van der Waals surface area contributed by atoms with E-state index >= 15 is 0 Å². The first-order valence-corrected chi connectivity index (χ1v) is 10.5. The molecule has 166 valence electrons. The molecule has 32 heavy (non-hydrogen) atoms. The average molecular weight is 434 g/mol. The number of Topliss-reactive ketones (excluding diaryl/α,β-unsaturated/α-hetero) is 1. The van der Waals surface area contributed by atoms with Crippen LogP contribution in [0.5, 0.6) is 11.5 Å². The summed E-state index contributed by atoms with van der Waals surface area (Å²) >= 11 is 0. The van der Waals surface area contributed by atoms with Crippen molar-refractivity contribution in [2.45, 2.75) is 32.3 Å². The molecule has 0 amide bonds. The molecule has 1 unspecified atom stereocenters. The molecule has 0 radical (unpaired) electrons. The van der Waals surface area contributed by atoms with Crippen molar-refractivity contribution in [1.29, 1.82) is 0 Å². The molecule has 0 saturated heterocycles. The lowest BCUT2D eigenvalue weighted by Crippen LogP contribution is -2.27. The molecule has 1 aromatic heterocycles. The maximum absolute atomic E-state index is 12.8. The number of esters is 1. The fourth-order valence-electron chi connectivity index (χ4n) is 3.69. The van der Waals surface area contributed by atoms with Gasteiger partial charge in [-0.25, -0.2) is 4.98 Å². The summed E-state index contributed by atoms with van der Waals surface area (Å²) in [6.07, 6.45) is 0.787. The number of carbonyl (C=O) groups is 2. The molecule has 0 aliphatic rings. The molecule has 2 aromatic carbocycles. The molecule has 1 heterocycles. The highest BCUT2D eigenvalue weighted by molar-refractivity contribution is 5.99. The van der Waals surface area contributed by atoms with E-state index in [1.54, 1.807) is 6.92 Å². The summed E-state index contributed by atoms with van der Waals surface area (Å²) in [6.45, 7) is 3.48. The Bertz CT molecular complexity index is 1010. The van der Waals surface area contributed by atoms with Crippen molar-refractivity contribution < 1.29 is 24.2 Å². The predicted molar refractivity (Wildman–Crippen MR) is 121 cm³/mol. The van der Waals surface area contributed by atoms with Crippen LogP contribution in [0.4, 0.5) is 0 Å². The third-order valence-corrected chi connectivity index (χ3v) is 5.35. The van der Waals surface area contributed by atoms with Gasteiger partial charge in [0, 0.05) is 24.6 Å². The van der Waals surface area contributed by atoms with Crippen molar-refractivity contribution in [2.75, 3.05) is 7.11 Å². The number of methoxy groups -OCH3 is 1. The van der Waals surface area contributed by atoms with Crippen molar-refractivity contribution in [3.63, 3.8) is 0 Å². The van der Waals surface area contributed by atoms with E-state index in [0.29, 0.717) is 0 Å². The van der Waals surface area contributed by atoms with E-state index in [0.717, 1.165) is 11.1 Å². The second kappa shape index (κ2) is 10.6. The Morgan fingerprint density at radius 1 is 0.938 bits per heavy atom. The summed E-state index contributed by atoms with van der Waals surface area (Å²) in [5.41, 5.74) is 1.95. The number of aromatic hydroxyl groups is 1. The van der Waals surface area contributed by atoms with E-state index in [1.165, 1.54) is 19.4 Å². The maximum Gasteiger partial charge on any atom is 0.309 e. The Labute approximate surface area is 187 Å². The molecule has 0 aliphatic carbocycles. The van der Waals surface area contributed by atoms with Crippen LogP contribution in [0.3, 0.4) is 0 Å². The van der Waals surface area contributed by atoms with Crippen molar-refractivity contribution in [2.24, 2.45) is 5.92 Å². The normalized spacial score (nSPS) is 12.8. The summed E-state index contributed by atoms with van der Waals surface area (Å²) in [6, 6.07) is 21.2. The Kier molecular flexibility index (Phi) is 7.60. The molecule has 0 bridgehead atoms. The molecule has 6 nitrogen and oxygen atoms in total. The Hall–Kier alpha value is -3.67. The lowest BCUT2D eigenvalue weighted by molar-refractivity contribution is -0.153. The van der Waals surface area contributed by atoms with Gasteiger partial charge < -0.3 is 14.6 Å². The van der Waals surface area contributed by atoms with Crippen LogP contribution in [0.25, 0.3) is 0 Å². The van der Waals surface area contributed by atoms with Gasteiger partial charge in [-0.05, 0) is 18.1 Å². The van der Waals surface area contributed by atoms with E-state index in [-0.39, 0.29) is 29.5 Å². The zero-order valence-electron chi connectivity index (χ0n) is 18.4. The lowest BCUT2D eigenvalue weighted by atomic mass is 9.87. The van der Waals surface area contributed by atoms with Gasteiger partial charge in [-0.3, -0.25) is 9.59 Å². The van der Waals surface area contributed by atoms with Gasteiger partial charge in [0.05, 0.1) is 13.0 Å². The largest absolute Gasteiger partial charge is 0.503 e. The zero-order valence-corrected chi connectivity index (χ0v) is 18.4. The topological polar surface area (TPSA) is 85.7 Å². The van der Waals surface area contributed by atoms with Crippen LogP contribution in [-0.2, 0) is 9.53 Å². The van der Waals surface area contributed by atoms with Crippen LogP contribution in [-0.4, -0.2) is 35.1 Å². The van der Waals surface area contributed by atoms with Gasteiger partial charge in [0.1, 0.15) is 6.10 Å². The monoisotopic (exact) mass is 433 g/mol. The average Bonchev–Trinajstić information content (AvgIpc) is 2.80. The van der Waals surface area contributed by atoms with Gasteiger partial charge in [-0.2, -0.15) is 0 Å². The molecule has 2 atom stereocenters. The van der Waals surface area contributed by atoms with Gasteiger partial charge in [-0.1, -0.05) is 67.6 Å². The number of aromatic nitrogens is 1. The first kappa shape index (κ1) is 23.0. The molecular formula is C26H27NO5. The quantitative estimate of drug-likeness (QED) is 0.386. The van der Waals surface area contributed by atoms with Gasteiger partial charge in [0.15, 0.2) is 23.0 Å². The minimum atomic E-state index is -0.704. The van der Waals surface area contributed by atoms with Crippen molar-refractivity contribution in [1.82, 2.24) is 4.98 Å². The van der Waals surface area contributed by atoms with Crippen LogP contribution >= 0.6 is 0 Å². The number of nitrogens with zero attached hydrogens (tertiary/aromatic N) is 1. The summed E-state index contributed by atoms with van der Waals surface area (Å²) in [7, 11) is 1.39.